The van der Waals surface area contributed by atoms with E-state index in [0.717, 1.165) is 29.7 Å². The van der Waals surface area contributed by atoms with Crippen LogP contribution in [0.2, 0.25) is 0 Å². The van der Waals surface area contributed by atoms with Crippen molar-refractivity contribution in [1.29, 1.82) is 0 Å². The predicted molar refractivity (Wildman–Crippen MR) is 65.7 cm³/mol. The summed E-state index contributed by atoms with van der Waals surface area (Å²) in [5.74, 6) is 0.817. The lowest BCUT2D eigenvalue weighted by molar-refractivity contribution is 0.139. The Morgan fingerprint density at radius 2 is 2.19 bits per heavy atom. The van der Waals surface area contributed by atoms with Crippen LogP contribution in [0.5, 0.6) is 0 Å². The van der Waals surface area contributed by atoms with Gasteiger partial charge in [0, 0.05) is 30.2 Å². The molecule has 3 rings (SSSR count). The van der Waals surface area contributed by atoms with Gasteiger partial charge in [-0.1, -0.05) is 0 Å². The Morgan fingerprint density at radius 3 is 2.81 bits per heavy atom. The summed E-state index contributed by atoms with van der Waals surface area (Å²) < 4.78 is 4.00. The maximum Gasteiger partial charge on any atom is 0.202 e. The number of nitrogens with zero attached hydrogens (tertiary/aromatic N) is 3. The molecular formula is C11H18N4S. The van der Waals surface area contributed by atoms with E-state index >= 15 is 0 Å². The molecule has 1 aromatic rings. The first kappa shape index (κ1) is 10.5. The average molecular weight is 238 g/mol. The number of hydrogen-bond donors (Lipinski definition) is 1. The van der Waals surface area contributed by atoms with Gasteiger partial charge >= 0.3 is 0 Å². The molecule has 2 fully saturated rings. The van der Waals surface area contributed by atoms with Gasteiger partial charge in [-0.05, 0) is 38.6 Å². The summed E-state index contributed by atoms with van der Waals surface area (Å²) in [6, 6.07) is 1.67. The molecule has 2 aliphatic rings. The second-order valence-electron chi connectivity index (χ2n) is 5.02. The van der Waals surface area contributed by atoms with Gasteiger partial charge in [0.2, 0.25) is 5.13 Å². The van der Waals surface area contributed by atoms with Crippen LogP contribution in [-0.2, 0) is 0 Å². The van der Waals surface area contributed by atoms with Gasteiger partial charge < -0.3 is 10.2 Å². The summed E-state index contributed by atoms with van der Waals surface area (Å²) in [6.07, 6.45) is 7.11. The first-order chi connectivity index (χ1) is 7.83. The fourth-order valence-corrected chi connectivity index (χ4v) is 3.61. The van der Waals surface area contributed by atoms with Gasteiger partial charge in [0.15, 0.2) is 0 Å². The van der Waals surface area contributed by atoms with E-state index in [4.69, 9.17) is 0 Å². The minimum Gasteiger partial charge on any atom is -0.360 e. The zero-order valence-electron chi connectivity index (χ0n) is 9.59. The molecule has 0 aliphatic carbocycles. The van der Waals surface area contributed by atoms with Crippen LogP contribution in [-0.4, -0.2) is 39.9 Å². The van der Waals surface area contributed by atoms with Gasteiger partial charge in [-0.2, -0.15) is 4.37 Å². The van der Waals surface area contributed by atoms with E-state index in [1.54, 1.807) is 6.33 Å². The van der Waals surface area contributed by atoms with Crippen molar-refractivity contribution in [3.63, 3.8) is 0 Å². The normalized spacial score (nSPS) is 34.2. The van der Waals surface area contributed by atoms with Crippen molar-refractivity contribution in [2.24, 2.45) is 5.92 Å². The number of rotatable bonds is 3. The molecule has 0 radical (unpaired) electrons. The van der Waals surface area contributed by atoms with Crippen molar-refractivity contribution in [2.75, 3.05) is 18.9 Å². The minimum atomic E-state index is 0.817. The molecular weight excluding hydrogens is 220 g/mol. The van der Waals surface area contributed by atoms with Crippen LogP contribution in [0.15, 0.2) is 6.33 Å². The molecule has 3 heterocycles. The molecule has 88 valence electrons. The lowest BCUT2D eigenvalue weighted by Gasteiger charge is -2.36. The minimum absolute atomic E-state index is 0.817. The SMILES string of the molecule is CN1C2CCC1CC(CNc1ncns1)C2. The van der Waals surface area contributed by atoms with Gasteiger partial charge in [-0.15, -0.1) is 0 Å². The van der Waals surface area contributed by atoms with E-state index in [-0.39, 0.29) is 0 Å². The van der Waals surface area contributed by atoms with Crippen molar-refractivity contribution < 1.29 is 0 Å². The quantitative estimate of drug-likeness (QED) is 0.872. The van der Waals surface area contributed by atoms with E-state index in [1.807, 2.05) is 0 Å². The van der Waals surface area contributed by atoms with Crippen LogP contribution in [0.4, 0.5) is 5.13 Å². The standard InChI is InChI=1S/C11H18N4S/c1-15-9-2-3-10(15)5-8(4-9)6-12-11-13-7-14-16-11/h7-10H,2-6H2,1H3,(H,12,13,14). The summed E-state index contributed by atoms with van der Waals surface area (Å²) in [7, 11) is 2.29. The van der Waals surface area contributed by atoms with Gasteiger partial charge in [0.1, 0.15) is 6.33 Å². The Kier molecular flexibility index (Phi) is 2.81. The Hall–Kier alpha value is -0.680. The second-order valence-corrected chi connectivity index (χ2v) is 5.80. The van der Waals surface area contributed by atoms with Crippen molar-refractivity contribution in [1.82, 2.24) is 14.3 Å². The van der Waals surface area contributed by atoms with Crippen LogP contribution in [0, 0.1) is 5.92 Å². The Morgan fingerprint density at radius 1 is 1.44 bits per heavy atom. The van der Waals surface area contributed by atoms with Crippen LogP contribution in [0.25, 0.3) is 0 Å². The Balaban J connectivity index is 1.54. The number of hydrogen-bond acceptors (Lipinski definition) is 5. The number of fused-ring (bicyclic) bond motifs is 2. The fraction of sp³-hybridized carbons (Fsp3) is 0.818. The van der Waals surface area contributed by atoms with E-state index in [0.29, 0.717) is 0 Å². The molecule has 2 aliphatic heterocycles. The van der Waals surface area contributed by atoms with Crippen molar-refractivity contribution >= 4 is 16.7 Å². The smallest absolute Gasteiger partial charge is 0.202 e. The highest BCUT2D eigenvalue weighted by molar-refractivity contribution is 7.09. The summed E-state index contributed by atoms with van der Waals surface area (Å²) in [5.41, 5.74) is 0. The van der Waals surface area contributed by atoms with Crippen molar-refractivity contribution in [3.8, 4) is 0 Å². The third kappa shape index (κ3) is 1.94. The monoisotopic (exact) mass is 238 g/mol. The molecule has 0 aromatic carbocycles. The van der Waals surface area contributed by atoms with E-state index in [9.17, 15) is 0 Å². The van der Waals surface area contributed by atoms with E-state index in [1.165, 1.54) is 37.2 Å². The summed E-state index contributed by atoms with van der Waals surface area (Å²) in [6.45, 7) is 1.07. The molecule has 5 heteroatoms. The van der Waals surface area contributed by atoms with Gasteiger partial charge in [0.25, 0.3) is 0 Å². The van der Waals surface area contributed by atoms with Crippen LogP contribution in [0.1, 0.15) is 25.7 Å². The third-order valence-corrected chi connectivity index (χ3v) is 4.72. The van der Waals surface area contributed by atoms with Crippen LogP contribution < -0.4 is 5.32 Å². The van der Waals surface area contributed by atoms with Gasteiger partial charge in [-0.25, -0.2) is 4.98 Å². The number of anilines is 1. The van der Waals surface area contributed by atoms with Crippen LogP contribution in [0.3, 0.4) is 0 Å². The van der Waals surface area contributed by atoms with Crippen molar-refractivity contribution in [3.05, 3.63) is 6.33 Å². The molecule has 16 heavy (non-hydrogen) atoms. The maximum absolute atomic E-state index is 4.16. The molecule has 2 bridgehead atoms. The molecule has 0 saturated carbocycles. The van der Waals surface area contributed by atoms with E-state index in [2.05, 4.69) is 26.6 Å². The number of aromatic nitrogens is 2. The molecule has 4 nitrogen and oxygen atoms in total. The fourth-order valence-electron chi connectivity index (χ4n) is 3.17. The van der Waals surface area contributed by atoms with E-state index < -0.39 is 0 Å². The number of piperidine rings is 1. The summed E-state index contributed by atoms with van der Waals surface area (Å²) in [4.78, 5) is 6.74. The first-order valence-electron chi connectivity index (χ1n) is 6.05. The third-order valence-electron chi connectivity index (χ3n) is 4.10. The molecule has 2 saturated heterocycles. The van der Waals surface area contributed by atoms with Crippen LogP contribution >= 0.6 is 11.5 Å². The molecule has 2 atom stereocenters. The largest absolute Gasteiger partial charge is 0.360 e. The Labute approximate surface area is 100 Å². The van der Waals surface area contributed by atoms with Gasteiger partial charge in [0.05, 0.1) is 0 Å². The molecule has 1 N–H and O–H groups in total. The summed E-state index contributed by atoms with van der Waals surface area (Å²) in [5, 5.41) is 4.37. The van der Waals surface area contributed by atoms with Gasteiger partial charge in [-0.3, -0.25) is 0 Å². The second kappa shape index (κ2) is 4.30. The highest BCUT2D eigenvalue weighted by atomic mass is 32.1. The molecule has 2 unspecified atom stereocenters. The lowest BCUT2D eigenvalue weighted by Crippen LogP contribution is -2.41. The lowest BCUT2D eigenvalue weighted by atomic mass is 9.91. The first-order valence-corrected chi connectivity index (χ1v) is 6.83. The average Bonchev–Trinajstić information content (AvgIpc) is 2.84. The highest BCUT2D eigenvalue weighted by Gasteiger charge is 2.38. The number of nitrogens with one attached hydrogen (secondary N) is 1. The van der Waals surface area contributed by atoms with Crippen molar-refractivity contribution in [2.45, 2.75) is 37.8 Å². The predicted octanol–water partition coefficient (Wildman–Crippen LogP) is 1.82. The Bertz CT molecular complexity index is 326. The maximum atomic E-state index is 4.16. The zero-order chi connectivity index (χ0) is 11.0. The molecule has 0 spiro atoms. The zero-order valence-corrected chi connectivity index (χ0v) is 10.4. The highest BCUT2D eigenvalue weighted by Crippen LogP contribution is 2.37. The topological polar surface area (TPSA) is 41.0 Å². The molecule has 0 amide bonds. The molecule has 1 aromatic heterocycles. The summed E-state index contributed by atoms with van der Waals surface area (Å²) >= 11 is 1.45.